The first kappa shape index (κ1) is 15.6. The molecule has 1 aromatic heterocycles. The third-order valence-corrected chi connectivity index (χ3v) is 4.39. The van der Waals surface area contributed by atoms with Gasteiger partial charge in [0.05, 0.1) is 12.9 Å². The highest BCUT2D eigenvalue weighted by atomic mass is 32.2. The van der Waals surface area contributed by atoms with Crippen LogP contribution in [0.4, 0.5) is 0 Å². The van der Waals surface area contributed by atoms with Gasteiger partial charge in [-0.3, -0.25) is 0 Å². The van der Waals surface area contributed by atoms with E-state index in [0.717, 1.165) is 22.8 Å². The Bertz CT molecular complexity index is 769. The largest absolute Gasteiger partial charge is 0.497 e. The SMILES string of the molecule is COc1ccc(-c2nc(CSCc3cccc(C)c3)no2)cc1. The number of ether oxygens (including phenoxy) is 1. The Labute approximate surface area is 139 Å². The molecule has 0 bridgehead atoms. The van der Waals surface area contributed by atoms with E-state index in [9.17, 15) is 0 Å². The van der Waals surface area contributed by atoms with Gasteiger partial charge < -0.3 is 9.26 Å². The van der Waals surface area contributed by atoms with E-state index < -0.39 is 0 Å². The van der Waals surface area contributed by atoms with Gasteiger partial charge in [-0.25, -0.2) is 0 Å². The van der Waals surface area contributed by atoms with Crippen molar-refractivity contribution in [3.63, 3.8) is 0 Å². The van der Waals surface area contributed by atoms with Crippen LogP contribution in [-0.4, -0.2) is 17.3 Å². The van der Waals surface area contributed by atoms with Crippen molar-refractivity contribution in [2.24, 2.45) is 0 Å². The molecule has 0 saturated carbocycles. The van der Waals surface area contributed by atoms with Crippen LogP contribution in [0, 0.1) is 6.92 Å². The Morgan fingerprint density at radius 2 is 1.91 bits per heavy atom. The first-order valence-corrected chi connectivity index (χ1v) is 8.50. The lowest BCUT2D eigenvalue weighted by atomic mass is 10.2. The zero-order valence-electron chi connectivity index (χ0n) is 13.2. The smallest absolute Gasteiger partial charge is 0.257 e. The van der Waals surface area contributed by atoms with Gasteiger partial charge in [0, 0.05) is 11.3 Å². The number of benzene rings is 2. The van der Waals surface area contributed by atoms with E-state index in [2.05, 4.69) is 41.3 Å². The molecule has 0 fully saturated rings. The summed E-state index contributed by atoms with van der Waals surface area (Å²) in [5, 5.41) is 4.05. The number of rotatable bonds is 6. The van der Waals surface area contributed by atoms with Gasteiger partial charge in [0.1, 0.15) is 5.75 Å². The highest BCUT2D eigenvalue weighted by Gasteiger charge is 2.09. The number of thioether (sulfide) groups is 1. The van der Waals surface area contributed by atoms with E-state index >= 15 is 0 Å². The van der Waals surface area contributed by atoms with Gasteiger partial charge in [0.15, 0.2) is 5.82 Å². The minimum atomic E-state index is 0.541. The molecule has 23 heavy (non-hydrogen) atoms. The average molecular weight is 326 g/mol. The Morgan fingerprint density at radius 3 is 2.65 bits per heavy atom. The third kappa shape index (κ3) is 4.13. The van der Waals surface area contributed by atoms with Crippen LogP contribution < -0.4 is 4.74 Å². The van der Waals surface area contributed by atoms with Crippen LogP contribution in [0.5, 0.6) is 5.75 Å². The summed E-state index contributed by atoms with van der Waals surface area (Å²) < 4.78 is 10.5. The maximum Gasteiger partial charge on any atom is 0.257 e. The number of hydrogen-bond donors (Lipinski definition) is 0. The summed E-state index contributed by atoms with van der Waals surface area (Å²) in [7, 11) is 1.64. The first-order valence-electron chi connectivity index (χ1n) is 7.35. The molecule has 0 unspecified atom stereocenters. The average Bonchev–Trinajstić information content (AvgIpc) is 3.04. The predicted octanol–water partition coefficient (Wildman–Crippen LogP) is 4.49. The minimum Gasteiger partial charge on any atom is -0.497 e. The Balaban J connectivity index is 1.58. The van der Waals surface area contributed by atoms with Gasteiger partial charge >= 0.3 is 0 Å². The van der Waals surface area contributed by atoms with Crippen molar-refractivity contribution in [2.75, 3.05) is 7.11 Å². The molecular weight excluding hydrogens is 308 g/mol. The van der Waals surface area contributed by atoms with Crippen LogP contribution in [0.2, 0.25) is 0 Å². The summed E-state index contributed by atoms with van der Waals surface area (Å²) in [6.45, 7) is 2.11. The monoisotopic (exact) mass is 326 g/mol. The quantitative estimate of drug-likeness (QED) is 0.668. The van der Waals surface area contributed by atoms with Crippen molar-refractivity contribution in [1.82, 2.24) is 10.1 Å². The molecule has 2 aromatic carbocycles. The van der Waals surface area contributed by atoms with E-state index in [1.165, 1.54) is 11.1 Å². The Hall–Kier alpha value is -2.27. The normalized spacial score (nSPS) is 10.7. The molecule has 0 amide bonds. The fourth-order valence-corrected chi connectivity index (χ4v) is 3.04. The molecule has 0 aliphatic rings. The Morgan fingerprint density at radius 1 is 1.09 bits per heavy atom. The van der Waals surface area contributed by atoms with Crippen LogP contribution in [0.3, 0.4) is 0 Å². The highest BCUT2D eigenvalue weighted by molar-refractivity contribution is 7.97. The molecule has 0 aliphatic carbocycles. The van der Waals surface area contributed by atoms with Gasteiger partial charge in [0.25, 0.3) is 5.89 Å². The summed E-state index contributed by atoms with van der Waals surface area (Å²) in [4.78, 5) is 4.45. The molecule has 0 radical (unpaired) electrons. The van der Waals surface area contributed by atoms with E-state index in [1.807, 2.05) is 24.3 Å². The third-order valence-electron chi connectivity index (χ3n) is 3.39. The molecule has 5 heteroatoms. The Kier molecular flexibility index (Phi) is 4.98. The topological polar surface area (TPSA) is 48.2 Å². The van der Waals surface area contributed by atoms with E-state index in [0.29, 0.717) is 11.7 Å². The van der Waals surface area contributed by atoms with Gasteiger partial charge in [-0.2, -0.15) is 4.98 Å². The van der Waals surface area contributed by atoms with E-state index in [4.69, 9.17) is 9.26 Å². The number of nitrogens with zero attached hydrogens (tertiary/aromatic N) is 2. The lowest BCUT2D eigenvalue weighted by Crippen LogP contribution is -1.87. The minimum absolute atomic E-state index is 0.541. The van der Waals surface area contributed by atoms with Gasteiger partial charge in [-0.15, -0.1) is 11.8 Å². The molecule has 4 nitrogen and oxygen atoms in total. The van der Waals surface area contributed by atoms with Crippen molar-refractivity contribution < 1.29 is 9.26 Å². The van der Waals surface area contributed by atoms with Crippen molar-refractivity contribution in [3.8, 4) is 17.2 Å². The molecule has 1 heterocycles. The van der Waals surface area contributed by atoms with Crippen LogP contribution in [0.15, 0.2) is 53.1 Å². The van der Waals surface area contributed by atoms with Crippen molar-refractivity contribution >= 4 is 11.8 Å². The second kappa shape index (κ2) is 7.33. The standard InChI is InChI=1S/C18H18N2O2S/c1-13-4-3-5-14(10-13)11-23-12-17-19-18(22-20-17)15-6-8-16(21-2)9-7-15/h3-10H,11-12H2,1-2H3. The van der Waals surface area contributed by atoms with E-state index in [-0.39, 0.29) is 0 Å². The maximum atomic E-state index is 5.33. The predicted molar refractivity (Wildman–Crippen MR) is 92.5 cm³/mol. The molecule has 3 aromatic rings. The summed E-state index contributed by atoms with van der Waals surface area (Å²) in [6.07, 6.45) is 0. The number of methoxy groups -OCH3 is 1. The van der Waals surface area contributed by atoms with Crippen molar-refractivity contribution in [2.45, 2.75) is 18.4 Å². The number of aryl methyl sites for hydroxylation is 1. The molecule has 118 valence electrons. The van der Waals surface area contributed by atoms with Crippen LogP contribution >= 0.6 is 11.8 Å². The zero-order valence-corrected chi connectivity index (χ0v) is 14.0. The second-order valence-electron chi connectivity index (χ2n) is 5.23. The zero-order chi connectivity index (χ0) is 16.1. The van der Waals surface area contributed by atoms with Crippen LogP contribution in [-0.2, 0) is 11.5 Å². The molecule has 0 spiro atoms. The van der Waals surface area contributed by atoms with E-state index in [1.54, 1.807) is 18.9 Å². The van der Waals surface area contributed by atoms with Crippen LogP contribution in [0.25, 0.3) is 11.5 Å². The molecule has 0 saturated heterocycles. The lowest BCUT2D eigenvalue weighted by molar-refractivity contribution is 0.414. The second-order valence-corrected chi connectivity index (χ2v) is 6.21. The fourth-order valence-electron chi connectivity index (χ4n) is 2.23. The van der Waals surface area contributed by atoms with Gasteiger partial charge in [-0.1, -0.05) is 35.0 Å². The van der Waals surface area contributed by atoms with Gasteiger partial charge in [-0.05, 0) is 36.8 Å². The summed E-state index contributed by atoms with van der Waals surface area (Å²) in [6, 6.07) is 16.1. The lowest BCUT2D eigenvalue weighted by Gasteiger charge is -2.00. The van der Waals surface area contributed by atoms with Crippen LogP contribution in [0.1, 0.15) is 17.0 Å². The highest BCUT2D eigenvalue weighted by Crippen LogP contribution is 2.22. The summed E-state index contributed by atoms with van der Waals surface area (Å²) >= 11 is 1.78. The van der Waals surface area contributed by atoms with Gasteiger partial charge in [0.2, 0.25) is 0 Å². The molecule has 0 aliphatic heterocycles. The first-order chi connectivity index (χ1) is 11.2. The molecule has 3 rings (SSSR count). The fraction of sp³-hybridized carbons (Fsp3) is 0.222. The number of aromatic nitrogens is 2. The van der Waals surface area contributed by atoms with Crippen molar-refractivity contribution in [1.29, 1.82) is 0 Å². The molecular formula is C18H18N2O2S. The number of hydrogen-bond acceptors (Lipinski definition) is 5. The van der Waals surface area contributed by atoms with Crippen molar-refractivity contribution in [3.05, 3.63) is 65.5 Å². The maximum absolute atomic E-state index is 5.33. The molecule has 0 atom stereocenters. The summed E-state index contributed by atoms with van der Waals surface area (Å²) in [5.74, 6) is 3.73. The molecule has 0 N–H and O–H groups in total. The summed E-state index contributed by atoms with van der Waals surface area (Å²) in [5.41, 5.74) is 3.49.